The maximum absolute atomic E-state index is 12.0. The fourth-order valence-corrected chi connectivity index (χ4v) is 2.47. The number of para-hydroxylation sites is 1. The van der Waals surface area contributed by atoms with Crippen LogP contribution in [0.3, 0.4) is 0 Å². The Morgan fingerprint density at radius 3 is 2.48 bits per heavy atom. The van der Waals surface area contributed by atoms with E-state index in [1.54, 1.807) is 0 Å². The van der Waals surface area contributed by atoms with Crippen molar-refractivity contribution < 1.29 is 9.53 Å². The zero-order chi connectivity index (χ0) is 15.4. The highest BCUT2D eigenvalue weighted by molar-refractivity contribution is 14.1. The van der Waals surface area contributed by atoms with Gasteiger partial charge in [-0.2, -0.15) is 0 Å². The number of nitrogens with one attached hydrogen (secondary N) is 1. The van der Waals surface area contributed by atoms with Crippen LogP contribution in [0.5, 0.6) is 5.75 Å². The third-order valence-electron chi connectivity index (χ3n) is 3.14. The largest absolute Gasteiger partial charge is 0.417 e. The summed E-state index contributed by atoms with van der Waals surface area (Å²) in [5.41, 5.74) is 2.85. The van der Waals surface area contributed by atoms with Gasteiger partial charge in [-0.15, -0.1) is 0 Å². The highest BCUT2D eigenvalue weighted by Crippen LogP contribution is 2.30. The van der Waals surface area contributed by atoms with Crippen LogP contribution in [0.15, 0.2) is 42.5 Å². The first-order valence-corrected chi connectivity index (χ1v) is 7.89. The quantitative estimate of drug-likeness (QED) is 0.714. The predicted octanol–water partition coefficient (Wildman–Crippen LogP) is 5.33. The molecule has 0 unspecified atom stereocenters. The molecule has 0 heterocycles. The number of ether oxygens (including phenoxy) is 1. The van der Waals surface area contributed by atoms with E-state index < -0.39 is 6.09 Å². The molecular formula is C17H18INO2. The van der Waals surface area contributed by atoms with Crippen LogP contribution in [-0.2, 0) is 0 Å². The zero-order valence-corrected chi connectivity index (χ0v) is 14.5. The number of hydrogen-bond acceptors (Lipinski definition) is 2. The first-order valence-electron chi connectivity index (χ1n) is 6.81. The van der Waals surface area contributed by atoms with E-state index >= 15 is 0 Å². The molecule has 1 N–H and O–H groups in total. The maximum Gasteiger partial charge on any atom is 0.417 e. The third-order valence-corrected chi connectivity index (χ3v) is 4.30. The van der Waals surface area contributed by atoms with Crippen molar-refractivity contribution in [1.82, 2.24) is 0 Å². The van der Waals surface area contributed by atoms with E-state index in [2.05, 4.69) is 47.8 Å². The number of aryl methyl sites for hydroxylation is 1. The lowest BCUT2D eigenvalue weighted by Crippen LogP contribution is -2.17. The van der Waals surface area contributed by atoms with Crippen LogP contribution in [0.4, 0.5) is 10.5 Å². The van der Waals surface area contributed by atoms with Crippen molar-refractivity contribution in [1.29, 1.82) is 0 Å². The van der Waals surface area contributed by atoms with Gasteiger partial charge in [0.1, 0.15) is 5.75 Å². The Balaban J connectivity index is 2.19. The Labute approximate surface area is 138 Å². The molecule has 110 valence electrons. The Bertz CT molecular complexity index is 639. The van der Waals surface area contributed by atoms with E-state index in [9.17, 15) is 4.79 Å². The second-order valence-electron chi connectivity index (χ2n) is 5.17. The molecule has 0 aliphatic carbocycles. The van der Waals surface area contributed by atoms with Crippen LogP contribution in [0.1, 0.15) is 30.9 Å². The average molecular weight is 395 g/mol. The van der Waals surface area contributed by atoms with E-state index in [4.69, 9.17) is 4.74 Å². The molecule has 0 saturated heterocycles. The summed E-state index contributed by atoms with van der Waals surface area (Å²) in [6, 6.07) is 13.3. The molecule has 21 heavy (non-hydrogen) atoms. The molecule has 2 aromatic rings. The number of benzene rings is 2. The lowest BCUT2D eigenvalue weighted by Gasteiger charge is -2.15. The molecule has 0 spiro atoms. The van der Waals surface area contributed by atoms with Crippen molar-refractivity contribution in [2.24, 2.45) is 0 Å². The average Bonchev–Trinajstić information content (AvgIpc) is 2.43. The number of amides is 1. The molecule has 0 radical (unpaired) electrons. The molecular weight excluding hydrogens is 377 g/mol. The normalized spacial score (nSPS) is 10.5. The summed E-state index contributed by atoms with van der Waals surface area (Å²) >= 11 is 2.30. The molecule has 0 fully saturated rings. The highest BCUT2D eigenvalue weighted by Gasteiger charge is 2.14. The van der Waals surface area contributed by atoms with E-state index in [0.717, 1.165) is 16.8 Å². The Kier molecular flexibility index (Phi) is 5.22. The first-order chi connectivity index (χ1) is 9.97. The summed E-state index contributed by atoms with van der Waals surface area (Å²) in [5, 5.41) is 2.73. The maximum atomic E-state index is 12.0. The van der Waals surface area contributed by atoms with E-state index in [-0.39, 0.29) is 0 Å². The summed E-state index contributed by atoms with van der Waals surface area (Å²) in [7, 11) is 0. The van der Waals surface area contributed by atoms with Crippen LogP contribution in [0.25, 0.3) is 0 Å². The molecule has 0 aromatic heterocycles. The van der Waals surface area contributed by atoms with Gasteiger partial charge in [0, 0.05) is 9.26 Å². The van der Waals surface area contributed by atoms with Gasteiger partial charge in [0.2, 0.25) is 0 Å². The minimum absolute atomic E-state index is 0.290. The monoisotopic (exact) mass is 395 g/mol. The van der Waals surface area contributed by atoms with Crippen LogP contribution in [-0.4, -0.2) is 6.09 Å². The van der Waals surface area contributed by atoms with Gasteiger partial charge in [-0.1, -0.05) is 32.0 Å². The van der Waals surface area contributed by atoms with Gasteiger partial charge in [-0.3, -0.25) is 5.32 Å². The molecule has 1 amide bonds. The second kappa shape index (κ2) is 6.93. The Morgan fingerprint density at radius 2 is 1.86 bits per heavy atom. The number of carbonyl (C=O) groups excluding carboxylic acids is 1. The van der Waals surface area contributed by atoms with Gasteiger partial charge in [-0.25, -0.2) is 4.79 Å². The summed E-state index contributed by atoms with van der Waals surface area (Å²) in [6.07, 6.45) is -0.469. The Morgan fingerprint density at radius 1 is 1.19 bits per heavy atom. The van der Waals surface area contributed by atoms with E-state index in [1.807, 2.05) is 43.3 Å². The van der Waals surface area contributed by atoms with Gasteiger partial charge in [0.25, 0.3) is 0 Å². The van der Waals surface area contributed by atoms with Crippen molar-refractivity contribution in [2.45, 2.75) is 26.7 Å². The fourth-order valence-electron chi connectivity index (χ4n) is 1.97. The standard InChI is InChI=1S/C17H18INO2/c1-11(2)14-10-15(18)12(3)9-16(14)21-17(20)19-13-7-5-4-6-8-13/h4-11H,1-3H3,(H,19,20). The first kappa shape index (κ1) is 15.8. The van der Waals surface area contributed by atoms with Gasteiger partial charge in [-0.05, 0) is 70.8 Å². The smallest absolute Gasteiger partial charge is 0.410 e. The van der Waals surface area contributed by atoms with Gasteiger partial charge in [0.15, 0.2) is 0 Å². The number of anilines is 1. The molecule has 0 aliphatic heterocycles. The molecule has 3 nitrogen and oxygen atoms in total. The highest BCUT2D eigenvalue weighted by atomic mass is 127. The van der Waals surface area contributed by atoms with Crippen molar-refractivity contribution in [3.05, 3.63) is 57.2 Å². The number of rotatable bonds is 3. The van der Waals surface area contributed by atoms with Crippen LogP contribution < -0.4 is 10.1 Å². The van der Waals surface area contributed by atoms with Crippen molar-refractivity contribution in [3.8, 4) is 5.75 Å². The van der Waals surface area contributed by atoms with Gasteiger partial charge in [0.05, 0.1) is 0 Å². The molecule has 2 rings (SSSR count). The van der Waals surface area contributed by atoms with E-state index in [0.29, 0.717) is 11.7 Å². The van der Waals surface area contributed by atoms with Gasteiger partial charge >= 0.3 is 6.09 Å². The number of halogens is 1. The van der Waals surface area contributed by atoms with Crippen molar-refractivity contribution >= 4 is 34.4 Å². The predicted molar refractivity (Wildman–Crippen MR) is 94.1 cm³/mol. The van der Waals surface area contributed by atoms with Crippen LogP contribution in [0.2, 0.25) is 0 Å². The second-order valence-corrected chi connectivity index (χ2v) is 6.34. The lowest BCUT2D eigenvalue weighted by molar-refractivity contribution is 0.214. The van der Waals surface area contributed by atoms with Crippen LogP contribution >= 0.6 is 22.6 Å². The summed E-state index contributed by atoms with van der Waals surface area (Å²) in [4.78, 5) is 12.0. The minimum Gasteiger partial charge on any atom is -0.410 e. The van der Waals surface area contributed by atoms with Crippen LogP contribution in [0, 0.1) is 10.5 Å². The Hall–Kier alpha value is -1.56. The molecule has 2 aromatic carbocycles. The number of hydrogen-bond donors (Lipinski definition) is 1. The minimum atomic E-state index is -0.469. The molecule has 0 atom stereocenters. The summed E-state index contributed by atoms with van der Waals surface area (Å²) < 4.78 is 6.67. The topological polar surface area (TPSA) is 38.3 Å². The molecule has 0 saturated carbocycles. The molecule has 0 bridgehead atoms. The zero-order valence-electron chi connectivity index (χ0n) is 12.3. The third kappa shape index (κ3) is 4.20. The lowest BCUT2D eigenvalue weighted by atomic mass is 10.0. The summed E-state index contributed by atoms with van der Waals surface area (Å²) in [5.74, 6) is 0.912. The van der Waals surface area contributed by atoms with Gasteiger partial charge < -0.3 is 4.74 Å². The van der Waals surface area contributed by atoms with Crippen molar-refractivity contribution in [2.75, 3.05) is 5.32 Å². The summed E-state index contributed by atoms with van der Waals surface area (Å²) in [6.45, 7) is 6.18. The van der Waals surface area contributed by atoms with E-state index in [1.165, 1.54) is 3.57 Å². The van der Waals surface area contributed by atoms with Crippen molar-refractivity contribution in [3.63, 3.8) is 0 Å². The SMILES string of the molecule is Cc1cc(OC(=O)Nc2ccccc2)c(C(C)C)cc1I. The number of carbonyl (C=O) groups is 1. The fraction of sp³-hybridized carbons (Fsp3) is 0.235. The molecule has 0 aliphatic rings. The molecule has 4 heteroatoms.